The quantitative estimate of drug-likeness (QED) is 0.311. The largest absolute Gasteiger partial charge is 2.00 e. The molecule has 0 aromatic heterocycles. The molecule has 120 valence electrons. The molecule has 0 fully saturated rings. The van der Waals surface area contributed by atoms with Gasteiger partial charge in [-0.25, -0.2) is 0 Å². The van der Waals surface area contributed by atoms with Crippen molar-refractivity contribution in [3.05, 3.63) is 41.5 Å². The van der Waals surface area contributed by atoms with Crippen LogP contribution in [0, 0.1) is 0 Å². The molecule has 0 saturated carbocycles. The van der Waals surface area contributed by atoms with Gasteiger partial charge in [-0.2, -0.15) is 0 Å². The van der Waals surface area contributed by atoms with Crippen molar-refractivity contribution >= 4 is 66.4 Å². The summed E-state index contributed by atoms with van der Waals surface area (Å²) in [6.07, 6.45) is 8.55. The first-order valence-corrected chi connectivity index (χ1v) is 7.78. The molecule has 0 radical (unpaired) electrons. The van der Waals surface area contributed by atoms with Crippen LogP contribution in [0.5, 0.6) is 0 Å². The van der Waals surface area contributed by atoms with E-state index < -0.39 is 11.9 Å². The summed E-state index contributed by atoms with van der Waals surface area (Å²) in [7, 11) is 0. The van der Waals surface area contributed by atoms with Gasteiger partial charge in [0.05, 0.1) is 11.9 Å². The Bertz CT molecular complexity index is 538. The second-order valence-corrected chi connectivity index (χ2v) is 5.38. The molecule has 5 heteroatoms. The average Bonchev–Trinajstić information content (AvgIpc) is 2.48. The summed E-state index contributed by atoms with van der Waals surface area (Å²) >= 11 is 0. The SMILES string of the molecule is CCCCCCCCc1cccc(/C(=C/C(=O)[O-])C(=O)[O-])c1.[Ba+2]. The van der Waals surface area contributed by atoms with E-state index in [1.165, 1.54) is 25.7 Å². The fraction of sp³-hybridized carbons (Fsp3) is 0.444. The van der Waals surface area contributed by atoms with Gasteiger partial charge in [0, 0.05) is 5.57 Å². The number of carbonyl (C=O) groups excluding carboxylic acids is 2. The van der Waals surface area contributed by atoms with Gasteiger partial charge in [0.15, 0.2) is 0 Å². The summed E-state index contributed by atoms with van der Waals surface area (Å²) in [5, 5.41) is 21.6. The molecule has 23 heavy (non-hydrogen) atoms. The summed E-state index contributed by atoms with van der Waals surface area (Å²) in [6.45, 7) is 2.18. The Balaban J connectivity index is 0.00000484. The van der Waals surface area contributed by atoms with Crippen LogP contribution in [0.4, 0.5) is 0 Å². The molecular formula is C18H22BaO4. The summed E-state index contributed by atoms with van der Waals surface area (Å²) in [5.74, 6) is -3.05. The predicted octanol–water partition coefficient (Wildman–Crippen LogP) is 1.09. The summed E-state index contributed by atoms with van der Waals surface area (Å²) < 4.78 is 0. The molecule has 0 heterocycles. The molecule has 0 spiro atoms. The Kier molecular flexibility index (Phi) is 12.5. The molecule has 0 amide bonds. The van der Waals surface area contributed by atoms with Gasteiger partial charge in [0.1, 0.15) is 0 Å². The van der Waals surface area contributed by atoms with Crippen molar-refractivity contribution < 1.29 is 19.8 Å². The minimum atomic E-state index is -1.54. The van der Waals surface area contributed by atoms with Gasteiger partial charge in [-0.3, -0.25) is 0 Å². The molecule has 1 aromatic rings. The van der Waals surface area contributed by atoms with Gasteiger partial charge in [-0.15, -0.1) is 0 Å². The fourth-order valence-corrected chi connectivity index (χ4v) is 2.38. The fourth-order valence-electron chi connectivity index (χ4n) is 2.38. The van der Waals surface area contributed by atoms with Crippen LogP contribution in [0.3, 0.4) is 0 Å². The number of carbonyl (C=O) groups is 2. The molecule has 1 aromatic carbocycles. The predicted molar refractivity (Wildman–Crippen MR) is 87.3 cm³/mol. The number of aryl methyl sites for hydroxylation is 1. The molecule has 1 rings (SSSR count). The average molecular weight is 440 g/mol. The summed E-state index contributed by atoms with van der Waals surface area (Å²) in [6, 6.07) is 6.92. The van der Waals surface area contributed by atoms with Crippen molar-refractivity contribution in [1.82, 2.24) is 0 Å². The number of aliphatic carboxylic acids is 2. The van der Waals surface area contributed by atoms with Crippen molar-refractivity contribution in [2.45, 2.75) is 51.9 Å². The van der Waals surface area contributed by atoms with Crippen LogP contribution in [0.1, 0.15) is 56.6 Å². The van der Waals surface area contributed by atoms with Crippen molar-refractivity contribution in [1.29, 1.82) is 0 Å². The van der Waals surface area contributed by atoms with Crippen LogP contribution in [0.15, 0.2) is 30.3 Å². The van der Waals surface area contributed by atoms with Gasteiger partial charge < -0.3 is 19.8 Å². The first-order valence-electron chi connectivity index (χ1n) is 7.78. The van der Waals surface area contributed by atoms with Gasteiger partial charge in [-0.05, 0) is 30.0 Å². The van der Waals surface area contributed by atoms with Crippen molar-refractivity contribution in [3.63, 3.8) is 0 Å². The normalized spacial score (nSPS) is 10.9. The van der Waals surface area contributed by atoms with E-state index in [0.29, 0.717) is 11.6 Å². The second-order valence-electron chi connectivity index (χ2n) is 5.38. The van der Waals surface area contributed by atoms with E-state index in [0.717, 1.165) is 24.8 Å². The number of carboxylic acid groups (broad SMARTS) is 2. The Labute approximate surface area is 178 Å². The Morgan fingerprint density at radius 2 is 1.70 bits per heavy atom. The molecule has 0 unspecified atom stereocenters. The molecule has 0 aliphatic heterocycles. The van der Waals surface area contributed by atoms with Crippen molar-refractivity contribution in [2.75, 3.05) is 0 Å². The number of rotatable bonds is 10. The Hall–Kier alpha value is -0.529. The third kappa shape index (κ3) is 9.37. The zero-order valence-electron chi connectivity index (χ0n) is 13.7. The first-order chi connectivity index (χ1) is 10.5. The minimum absolute atomic E-state index is 0. The Morgan fingerprint density at radius 1 is 1.04 bits per heavy atom. The zero-order chi connectivity index (χ0) is 16.4. The van der Waals surface area contributed by atoms with E-state index in [-0.39, 0.29) is 54.5 Å². The van der Waals surface area contributed by atoms with Crippen molar-refractivity contribution in [2.24, 2.45) is 0 Å². The molecular weight excluding hydrogens is 418 g/mol. The van der Waals surface area contributed by atoms with Gasteiger partial charge in [-0.1, -0.05) is 63.3 Å². The molecule has 0 saturated heterocycles. The van der Waals surface area contributed by atoms with Crippen LogP contribution in [0.25, 0.3) is 5.57 Å². The maximum atomic E-state index is 11.0. The van der Waals surface area contributed by atoms with E-state index in [2.05, 4.69) is 6.92 Å². The van der Waals surface area contributed by atoms with Crippen molar-refractivity contribution in [3.8, 4) is 0 Å². The van der Waals surface area contributed by atoms with Crippen LogP contribution >= 0.6 is 0 Å². The van der Waals surface area contributed by atoms with Gasteiger partial charge >= 0.3 is 48.9 Å². The van der Waals surface area contributed by atoms with E-state index in [9.17, 15) is 19.8 Å². The minimum Gasteiger partial charge on any atom is -0.545 e. The number of unbranched alkanes of at least 4 members (excludes halogenated alkanes) is 5. The maximum Gasteiger partial charge on any atom is 2.00 e. The van der Waals surface area contributed by atoms with E-state index in [1.54, 1.807) is 18.2 Å². The number of hydrogen-bond donors (Lipinski definition) is 0. The Morgan fingerprint density at radius 3 is 2.30 bits per heavy atom. The van der Waals surface area contributed by atoms with E-state index in [4.69, 9.17) is 0 Å². The maximum absolute atomic E-state index is 11.0. The molecule has 0 bridgehead atoms. The third-order valence-electron chi connectivity index (χ3n) is 3.54. The summed E-state index contributed by atoms with van der Waals surface area (Å²) in [5.41, 5.74) is 0.982. The number of carboxylic acids is 2. The number of benzene rings is 1. The first kappa shape index (κ1) is 22.5. The van der Waals surface area contributed by atoms with Crippen LogP contribution in [-0.2, 0) is 16.0 Å². The van der Waals surface area contributed by atoms with Crippen LogP contribution in [-0.4, -0.2) is 60.8 Å². The zero-order valence-corrected chi connectivity index (χ0v) is 18.1. The molecule has 0 aliphatic carbocycles. The topological polar surface area (TPSA) is 80.3 Å². The smallest absolute Gasteiger partial charge is 0.545 e. The standard InChI is InChI=1S/C18H24O4.Ba/c1-2-3-4-5-6-7-9-14-10-8-11-15(12-14)16(18(21)22)13-17(19)20;/h8,10-13H,2-7,9H2,1H3,(H,19,20)(H,21,22);/q;+2/p-2/b16-13-;. The van der Waals surface area contributed by atoms with Crippen LogP contribution < -0.4 is 10.2 Å². The van der Waals surface area contributed by atoms with Gasteiger partial charge in [0.25, 0.3) is 0 Å². The van der Waals surface area contributed by atoms with Crippen LogP contribution in [0.2, 0.25) is 0 Å². The van der Waals surface area contributed by atoms with E-state index in [1.807, 2.05) is 6.07 Å². The third-order valence-corrected chi connectivity index (χ3v) is 3.54. The molecule has 4 nitrogen and oxygen atoms in total. The monoisotopic (exact) mass is 440 g/mol. The summed E-state index contributed by atoms with van der Waals surface area (Å²) in [4.78, 5) is 21.6. The van der Waals surface area contributed by atoms with E-state index >= 15 is 0 Å². The second kappa shape index (κ2) is 12.8. The molecule has 0 atom stereocenters. The van der Waals surface area contributed by atoms with Gasteiger partial charge in [0.2, 0.25) is 0 Å². The molecule has 0 N–H and O–H groups in total. The number of hydrogen-bond acceptors (Lipinski definition) is 4. The molecule has 0 aliphatic rings.